The Morgan fingerprint density at radius 1 is 0.711 bits per heavy atom. The molecule has 0 fully saturated rings. The number of rotatable bonds is 14. The second kappa shape index (κ2) is 20.4. The van der Waals surface area contributed by atoms with E-state index in [0.717, 1.165) is 88.2 Å². The molecule has 212 valence electrons. The third kappa shape index (κ3) is 15.6. The van der Waals surface area contributed by atoms with Crippen molar-refractivity contribution in [2.75, 3.05) is 13.2 Å². The van der Waals surface area contributed by atoms with Crippen molar-refractivity contribution in [2.24, 2.45) is 0 Å². The van der Waals surface area contributed by atoms with Gasteiger partial charge in [0.1, 0.15) is 0 Å². The highest BCUT2D eigenvalue weighted by Gasteiger charge is 2.15. The summed E-state index contributed by atoms with van der Waals surface area (Å²) in [7, 11) is 0. The maximum atomic E-state index is 11.9. The van der Waals surface area contributed by atoms with Gasteiger partial charge in [0.2, 0.25) is 0 Å². The Balaban J connectivity index is 0.000000380. The first-order valence-electron chi connectivity index (χ1n) is 14.6. The first kappa shape index (κ1) is 33.4. The van der Waals surface area contributed by atoms with Gasteiger partial charge in [-0.1, -0.05) is 85.4 Å². The number of esters is 2. The summed E-state index contributed by atoms with van der Waals surface area (Å²) in [5.41, 5.74) is 7.18. The van der Waals surface area contributed by atoms with Crippen LogP contribution in [-0.4, -0.2) is 25.2 Å². The molecule has 0 atom stereocenters. The fraction of sp³-hybridized carbons (Fsp3) is 0.588. The van der Waals surface area contributed by atoms with E-state index in [-0.39, 0.29) is 11.9 Å². The standard InChI is InChI=1S/2C17H26O2/c1-4-5-12-19-17(18)16-11-7-10-15(13-16)9-6-8-14(2)3;1-4-5-13-19-17(18)16-11-9-15(10-12-16)8-6-7-14(2)3/h8,10-11H,4-7,9,12-13H2,1-3H3;7,9,12H,4-6,8,10-11,13H2,1-3H3. The van der Waals surface area contributed by atoms with Crippen LogP contribution in [0.1, 0.15) is 119 Å². The maximum Gasteiger partial charge on any atom is 0.334 e. The highest BCUT2D eigenvalue weighted by molar-refractivity contribution is 5.89. The molecule has 0 aromatic carbocycles. The van der Waals surface area contributed by atoms with Gasteiger partial charge in [0, 0.05) is 17.6 Å². The normalized spacial score (nSPS) is 14.5. The van der Waals surface area contributed by atoms with E-state index in [1.807, 2.05) is 12.2 Å². The molecule has 0 unspecified atom stereocenters. The lowest BCUT2D eigenvalue weighted by Gasteiger charge is -2.14. The third-order valence-electron chi connectivity index (χ3n) is 6.43. The molecule has 0 saturated heterocycles. The summed E-state index contributed by atoms with van der Waals surface area (Å²) in [6.07, 6.45) is 24.5. The molecule has 38 heavy (non-hydrogen) atoms. The molecule has 0 aromatic heterocycles. The monoisotopic (exact) mass is 524 g/mol. The molecule has 0 bridgehead atoms. The van der Waals surface area contributed by atoms with Gasteiger partial charge in [-0.2, -0.15) is 0 Å². The molecule has 0 heterocycles. The van der Waals surface area contributed by atoms with Gasteiger partial charge in [-0.3, -0.25) is 0 Å². The topological polar surface area (TPSA) is 52.6 Å². The highest BCUT2D eigenvalue weighted by Crippen LogP contribution is 2.24. The molecule has 0 N–H and O–H groups in total. The van der Waals surface area contributed by atoms with E-state index in [4.69, 9.17) is 9.47 Å². The molecule has 0 spiro atoms. The zero-order chi connectivity index (χ0) is 28.2. The zero-order valence-corrected chi connectivity index (χ0v) is 25.0. The number of allylic oxidation sites excluding steroid dienone is 10. The van der Waals surface area contributed by atoms with Crippen LogP contribution in [-0.2, 0) is 19.1 Å². The summed E-state index contributed by atoms with van der Waals surface area (Å²) in [5, 5.41) is 0. The largest absolute Gasteiger partial charge is 0.462 e. The van der Waals surface area contributed by atoms with Gasteiger partial charge < -0.3 is 9.47 Å². The number of ether oxygens (including phenoxy) is 2. The molecule has 0 saturated carbocycles. The summed E-state index contributed by atoms with van der Waals surface area (Å²) < 4.78 is 10.5. The molecule has 2 aliphatic carbocycles. The van der Waals surface area contributed by atoms with Crippen LogP contribution < -0.4 is 0 Å². The summed E-state index contributed by atoms with van der Waals surface area (Å²) in [6, 6.07) is 0. The van der Waals surface area contributed by atoms with Crippen LogP contribution in [0.3, 0.4) is 0 Å². The Bertz CT molecular complexity index is 916. The van der Waals surface area contributed by atoms with E-state index >= 15 is 0 Å². The molecule has 0 aromatic rings. The van der Waals surface area contributed by atoms with Crippen LogP contribution in [0.4, 0.5) is 0 Å². The van der Waals surface area contributed by atoms with Gasteiger partial charge in [0.05, 0.1) is 13.2 Å². The number of carbonyl (C=O) groups is 2. The highest BCUT2D eigenvalue weighted by atomic mass is 16.5. The van der Waals surface area contributed by atoms with E-state index < -0.39 is 0 Å². The van der Waals surface area contributed by atoms with Crippen LogP contribution in [0.2, 0.25) is 0 Å². The number of carbonyl (C=O) groups excluding carboxylic acids is 2. The van der Waals surface area contributed by atoms with Gasteiger partial charge in [-0.15, -0.1) is 0 Å². The van der Waals surface area contributed by atoms with Gasteiger partial charge in [-0.05, 0) is 85.5 Å². The Morgan fingerprint density at radius 3 is 1.76 bits per heavy atom. The fourth-order valence-corrected chi connectivity index (χ4v) is 4.05. The summed E-state index contributed by atoms with van der Waals surface area (Å²) >= 11 is 0. The van der Waals surface area contributed by atoms with Crippen molar-refractivity contribution in [2.45, 2.75) is 119 Å². The molecule has 2 rings (SSSR count). The van der Waals surface area contributed by atoms with Crippen LogP contribution >= 0.6 is 0 Å². The van der Waals surface area contributed by atoms with E-state index in [0.29, 0.717) is 13.2 Å². The second-order valence-corrected chi connectivity index (χ2v) is 10.6. The lowest BCUT2D eigenvalue weighted by molar-refractivity contribution is -0.140. The quantitative estimate of drug-likeness (QED) is 0.129. The zero-order valence-electron chi connectivity index (χ0n) is 25.0. The van der Waals surface area contributed by atoms with Gasteiger partial charge in [-0.25, -0.2) is 9.59 Å². The molecule has 0 aliphatic heterocycles. The molecule has 0 amide bonds. The Morgan fingerprint density at radius 2 is 1.26 bits per heavy atom. The molecule has 4 nitrogen and oxygen atoms in total. The van der Waals surface area contributed by atoms with Crippen molar-refractivity contribution in [3.8, 4) is 0 Å². The summed E-state index contributed by atoms with van der Waals surface area (Å²) in [4.78, 5) is 23.6. The number of unbranched alkanes of at least 4 members (excludes halogenated alkanes) is 2. The molecule has 0 radical (unpaired) electrons. The minimum absolute atomic E-state index is 0.124. The van der Waals surface area contributed by atoms with Crippen molar-refractivity contribution in [3.05, 3.63) is 69.9 Å². The van der Waals surface area contributed by atoms with E-state index in [1.54, 1.807) is 0 Å². The Kier molecular flexibility index (Phi) is 17.9. The molecule has 2 aliphatic rings. The second-order valence-electron chi connectivity index (χ2n) is 10.6. The minimum atomic E-state index is -0.131. The molecule has 4 heteroatoms. The molecular weight excluding hydrogens is 472 g/mol. The third-order valence-corrected chi connectivity index (χ3v) is 6.43. The Hall–Kier alpha value is -2.62. The average molecular weight is 525 g/mol. The van der Waals surface area contributed by atoms with E-state index in [9.17, 15) is 9.59 Å². The van der Waals surface area contributed by atoms with Gasteiger partial charge in [0.25, 0.3) is 0 Å². The lowest BCUT2D eigenvalue weighted by atomic mass is 9.94. The van der Waals surface area contributed by atoms with Crippen molar-refractivity contribution < 1.29 is 19.1 Å². The first-order valence-corrected chi connectivity index (χ1v) is 14.6. The Labute approximate surface area is 232 Å². The minimum Gasteiger partial charge on any atom is -0.462 e. The van der Waals surface area contributed by atoms with Crippen LogP contribution in [0.25, 0.3) is 0 Å². The number of hydrogen-bond donors (Lipinski definition) is 0. The van der Waals surface area contributed by atoms with Gasteiger partial charge in [0.15, 0.2) is 0 Å². The number of hydrogen-bond acceptors (Lipinski definition) is 4. The van der Waals surface area contributed by atoms with Crippen molar-refractivity contribution in [3.63, 3.8) is 0 Å². The van der Waals surface area contributed by atoms with Crippen molar-refractivity contribution >= 4 is 11.9 Å². The van der Waals surface area contributed by atoms with Crippen molar-refractivity contribution in [1.29, 1.82) is 0 Å². The van der Waals surface area contributed by atoms with Gasteiger partial charge >= 0.3 is 11.9 Å². The maximum absolute atomic E-state index is 11.9. The first-order chi connectivity index (χ1) is 18.3. The SMILES string of the molecule is CCCCOC(=O)C1=CCC(CCC=C(C)C)=CC1.CCCCOC(=O)C1=CCC=C(CCC=C(C)C)C1. The smallest absolute Gasteiger partial charge is 0.334 e. The molecular formula is C34H52O4. The lowest BCUT2D eigenvalue weighted by Crippen LogP contribution is -2.11. The average Bonchev–Trinajstić information content (AvgIpc) is 2.89. The van der Waals surface area contributed by atoms with Crippen LogP contribution in [0.5, 0.6) is 0 Å². The van der Waals surface area contributed by atoms with Crippen LogP contribution in [0, 0.1) is 0 Å². The summed E-state index contributed by atoms with van der Waals surface area (Å²) in [5.74, 6) is -0.255. The fourth-order valence-electron chi connectivity index (χ4n) is 4.05. The predicted octanol–water partition coefficient (Wildman–Crippen LogP) is 9.45. The summed E-state index contributed by atoms with van der Waals surface area (Å²) in [6.45, 7) is 13.8. The van der Waals surface area contributed by atoms with Crippen LogP contribution in [0.15, 0.2) is 69.9 Å². The van der Waals surface area contributed by atoms with E-state index in [2.05, 4.69) is 65.8 Å². The van der Waals surface area contributed by atoms with E-state index in [1.165, 1.54) is 22.3 Å². The predicted molar refractivity (Wildman–Crippen MR) is 160 cm³/mol. The van der Waals surface area contributed by atoms with Crippen molar-refractivity contribution in [1.82, 2.24) is 0 Å².